The van der Waals surface area contributed by atoms with Gasteiger partial charge in [-0.2, -0.15) is 0 Å². The van der Waals surface area contributed by atoms with Crippen LogP contribution in [0.5, 0.6) is 0 Å². The first-order valence-electron chi connectivity index (χ1n) is 7.07. The van der Waals surface area contributed by atoms with E-state index in [1.807, 2.05) is 19.9 Å². The summed E-state index contributed by atoms with van der Waals surface area (Å²) in [4.78, 5) is 0. The van der Waals surface area contributed by atoms with Crippen LogP contribution in [0.4, 0.5) is 11.4 Å². The number of allylic oxidation sites excluding steroid dienone is 3. The van der Waals surface area contributed by atoms with Crippen LogP contribution in [0.15, 0.2) is 42.0 Å². The first-order chi connectivity index (χ1) is 9.61. The topological polar surface area (TPSA) is 47.9 Å². The van der Waals surface area contributed by atoms with Gasteiger partial charge in [-0.1, -0.05) is 23.8 Å². The summed E-state index contributed by atoms with van der Waals surface area (Å²) in [5, 5.41) is 14.7. The standard InChI is InChI=1S/C17H23N3/c1-4-5-6-12(2)10-19-14-7-8-17-15(9-14)16(11-20-17)13(3)18/h4-9,16,18-20H,10-11H2,1-3H3/b5-4-,12-6+,18-13?. The molecule has 2 rings (SSSR count). The Kier molecular flexibility index (Phi) is 4.61. The smallest absolute Gasteiger partial charge is 0.0407 e. The minimum atomic E-state index is 0.214. The predicted molar refractivity (Wildman–Crippen MR) is 88.1 cm³/mol. The zero-order valence-corrected chi connectivity index (χ0v) is 12.5. The molecule has 0 amide bonds. The molecule has 0 spiro atoms. The van der Waals surface area contributed by atoms with Crippen molar-refractivity contribution < 1.29 is 0 Å². The van der Waals surface area contributed by atoms with Crippen LogP contribution < -0.4 is 10.6 Å². The lowest BCUT2D eigenvalue weighted by Crippen LogP contribution is -2.10. The molecule has 0 aliphatic carbocycles. The molecule has 20 heavy (non-hydrogen) atoms. The molecule has 0 bridgehead atoms. The van der Waals surface area contributed by atoms with Crippen LogP contribution in [0.1, 0.15) is 32.3 Å². The Balaban J connectivity index is 2.08. The Morgan fingerprint density at radius 3 is 2.95 bits per heavy atom. The third kappa shape index (κ3) is 3.29. The number of hydrogen-bond donors (Lipinski definition) is 3. The summed E-state index contributed by atoms with van der Waals surface area (Å²) in [6.45, 7) is 7.70. The summed E-state index contributed by atoms with van der Waals surface area (Å²) in [5.41, 5.74) is 5.52. The maximum Gasteiger partial charge on any atom is 0.0407 e. The van der Waals surface area contributed by atoms with Crippen LogP contribution in [0, 0.1) is 5.41 Å². The molecule has 1 aliphatic heterocycles. The highest BCUT2D eigenvalue weighted by atomic mass is 14.9. The number of hydrogen-bond acceptors (Lipinski definition) is 3. The molecule has 1 aliphatic rings. The summed E-state index contributed by atoms with van der Waals surface area (Å²) < 4.78 is 0. The molecule has 1 heterocycles. The molecule has 106 valence electrons. The summed E-state index contributed by atoms with van der Waals surface area (Å²) in [6.07, 6.45) is 6.20. The van der Waals surface area contributed by atoms with Crippen LogP contribution in [0.25, 0.3) is 0 Å². The second-order valence-electron chi connectivity index (χ2n) is 5.31. The van der Waals surface area contributed by atoms with E-state index in [4.69, 9.17) is 5.41 Å². The minimum Gasteiger partial charge on any atom is -0.384 e. The largest absolute Gasteiger partial charge is 0.384 e. The molecule has 0 saturated carbocycles. The minimum absolute atomic E-state index is 0.214. The average Bonchev–Trinajstić information content (AvgIpc) is 2.86. The first kappa shape index (κ1) is 14.4. The van der Waals surface area contributed by atoms with Gasteiger partial charge in [-0.25, -0.2) is 0 Å². The summed E-state index contributed by atoms with van der Waals surface area (Å²) in [5.74, 6) is 0.214. The fourth-order valence-electron chi connectivity index (χ4n) is 2.39. The summed E-state index contributed by atoms with van der Waals surface area (Å²) >= 11 is 0. The number of anilines is 2. The van der Waals surface area contributed by atoms with Crippen molar-refractivity contribution >= 4 is 17.1 Å². The van der Waals surface area contributed by atoms with Gasteiger partial charge in [-0.15, -0.1) is 0 Å². The zero-order chi connectivity index (χ0) is 14.5. The molecular formula is C17H23N3. The number of fused-ring (bicyclic) bond motifs is 1. The molecule has 1 unspecified atom stereocenters. The fourth-order valence-corrected chi connectivity index (χ4v) is 2.39. The predicted octanol–water partition coefficient (Wildman–Crippen LogP) is 4.17. The van der Waals surface area contributed by atoms with Crippen LogP contribution in [0.3, 0.4) is 0 Å². The fraction of sp³-hybridized carbons (Fsp3) is 0.353. The van der Waals surface area contributed by atoms with Crippen molar-refractivity contribution in [1.29, 1.82) is 5.41 Å². The Hall–Kier alpha value is -2.03. The second-order valence-corrected chi connectivity index (χ2v) is 5.31. The molecule has 0 saturated heterocycles. The van der Waals surface area contributed by atoms with Crippen molar-refractivity contribution in [3.05, 3.63) is 47.6 Å². The average molecular weight is 269 g/mol. The maximum atomic E-state index is 7.86. The van der Waals surface area contributed by atoms with Gasteiger partial charge in [-0.05, 0) is 44.5 Å². The maximum absolute atomic E-state index is 7.86. The van der Waals surface area contributed by atoms with Crippen molar-refractivity contribution in [3.63, 3.8) is 0 Å². The van der Waals surface area contributed by atoms with E-state index in [9.17, 15) is 0 Å². The van der Waals surface area contributed by atoms with E-state index in [-0.39, 0.29) is 5.92 Å². The monoisotopic (exact) mass is 269 g/mol. The molecule has 0 radical (unpaired) electrons. The van der Waals surface area contributed by atoms with Gasteiger partial charge >= 0.3 is 0 Å². The first-order valence-corrected chi connectivity index (χ1v) is 7.07. The van der Waals surface area contributed by atoms with Gasteiger partial charge in [0.05, 0.1) is 0 Å². The molecule has 1 aromatic rings. The molecule has 0 fully saturated rings. The molecule has 0 aromatic heterocycles. The SMILES string of the molecule is C/C=C\C=C(/C)CNc1ccc2c(c1)C(C(C)=N)CN2. The summed E-state index contributed by atoms with van der Waals surface area (Å²) in [7, 11) is 0. The molecular weight excluding hydrogens is 246 g/mol. The van der Waals surface area contributed by atoms with Gasteiger partial charge in [0.2, 0.25) is 0 Å². The number of rotatable bonds is 5. The molecule has 3 heteroatoms. The lowest BCUT2D eigenvalue weighted by Gasteiger charge is -2.11. The molecule has 3 nitrogen and oxygen atoms in total. The van der Waals surface area contributed by atoms with Gasteiger partial charge in [0.15, 0.2) is 0 Å². The normalized spacial score (nSPS) is 17.9. The van der Waals surface area contributed by atoms with Crippen molar-refractivity contribution in [2.75, 3.05) is 23.7 Å². The van der Waals surface area contributed by atoms with Crippen molar-refractivity contribution in [1.82, 2.24) is 0 Å². The molecule has 1 atom stereocenters. The van der Waals surface area contributed by atoms with E-state index in [0.29, 0.717) is 0 Å². The lowest BCUT2D eigenvalue weighted by molar-refractivity contribution is 0.980. The van der Waals surface area contributed by atoms with Gasteiger partial charge in [0, 0.05) is 36.1 Å². The highest BCUT2D eigenvalue weighted by Crippen LogP contribution is 2.34. The van der Waals surface area contributed by atoms with E-state index in [2.05, 4.69) is 47.9 Å². The Morgan fingerprint density at radius 2 is 2.25 bits per heavy atom. The van der Waals surface area contributed by atoms with Gasteiger partial charge in [0.1, 0.15) is 0 Å². The summed E-state index contributed by atoms with van der Waals surface area (Å²) in [6, 6.07) is 6.36. The van der Waals surface area contributed by atoms with Crippen molar-refractivity contribution in [2.24, 2.45) is 0 Å². The van der Waals surface area contributed by atoms with Crippen LogP contribution in [0.2, 0.25) is 0 Å². The highest BCUT2D eigenvalue weighted by molar-refractivity contribution is 5.90. The highest BCUT2D eigenvalue weighted by Gasteiger charge is 2.23. The van der Waals surface area contributed by atoms with E-state index in [1.54, 1.807) is 0 Å². The number of nitrogens with one attached hydrogen (secondary N) is 3. The Morgan fingerprint density at radius 1 is 1.45 bits per heavy atom. The van der Waals surface area contributed by atoms with Gasteiger partial charge < -0.3 is 16.0 Å². The van der Waals surface area contributed by atoms with E-state index in [0.717, 1.165) is 30.2 Å². The van der Waals surface area contributed by atoms with Gasteiger partial charge in [0.25, 0.3) is 0 Å². The third-order valence-corrected chi connectivity index (χ3v) is 3.59. The quantitative estimate of drug-likeness (QED) is 0.555. The Bertz CT molecular complexity index is 555. The van der Waals surface area contributed by atoms with Crippen molar-refractivity contribution in [2.45, 2.75) is 26.7 Å². The second kappa shape index (κ2) is 6.42. The van der Waals surface area contributed by atoms with E-state index in [1.165, 1.54) is 11.1 Å². The van der Waals surface area contributed by atoms with Gasteiger partial charge in [-0.3, -0.25) is 0 Å². The van der Waals surface area contributed by atoms with Crippen LogP contribution in [-0.4, -0.2) is 18.8 Å². The third-order valence-electron chi connectivity index (χ3n) is 3.59. The van der Waals surface area contributed by atoms with E-state index >= 15 is 0 Å². The molecule has 1 aromatic carbocycles. The zero-order valence-electron chi connectivity index (χ0n) is 12.5. The van der Waals surface area contributed by atoms with Crippen molar-refractivity contribution in [3.8, 4) is 0 Å². The Labute approximate surface area is 121 Å². The number of benzene rings is 1. The molecule has 3 N–H and O–H groups in total. The van der Waals surface area contributed by atoms with Crippen LogP contribution >= 0.6 is 0 Å². The lowest BCUT2D eigenvalue weighted by atomic mass is 9.96. The van der Waals surface area contributed by atoms with Crippen LogP contribution in [-0.2, 0) is 0 Å². The van der Waals surface area contributed by atoms with E-state index < -0.39 is 0 Å².